The molecule has 3 nitrogen and oxygen atoms in total. The number of phenolic OH excluding ortho intramolecular Hbond substituents is 1. The van der Waals surface area contributed by atoms with Crippen LogP contribution in [0.2, 0.25) is 5.15 Å². The molecule has 0 amide bonds. The molecule has 0 saturated heterocycles. The van der Waals surface area contributed by atoms with E-state index in [1.807, 2.05) is 40.9 Å². The van der Waals surface area contributed by atoms with Crippen LogP contribution in [-0.4, -0.2) is 14.5 Å². The Kier molecular flexibility index (Phi) is 2.27. The SMILES string of the molecule is Oc1ccc(-c2cn3c(Cl)cccc3n2)cc1. The first kappa shape index (κ1) is 10.2. The molecule has 0 atom stereocenters. The second kappa shape index (κ2) is 3.79. The number of hydrogen-bond acceptors (Lipinski definition) is 2. The number of halogens is 1. The topological polar surface area (TPSA) is 37.5 Å². The summed E-state index contributed by atoms with van der Waals surface area (Å²) in [6.07, 6.45) is 1.88. The van der Waals surface area contributed by atoms with Gasteiger partial charge >= 0.3 is 0 Å². The first-order valence-electron chi connectivity index (χ1n) is 5.17. The average molecular weight is 245 g/mol. The van der Waals surface area contributed by atoms with Crippen LogP contribution >= 0.6 is 11.6 Å². The van der Waals surface area contributed by atoms with Gasteiger partial charge in [0.2, 0.25) is 0 Å². The fraction of sp³-hybridized carbons (Fsp3) is 0. The van der Waals surface area contributed by atoms with Crippen molar-refractivity contribution in [1.82, 2.24) is 9.38 Å². The van der Waals surface area contributed by atoms with Crippen molar-refractivity contribution in [3.05, 3.63) is 53.8 Å². The molecule has 0 spiro atoms. The lowest BCUT2D eigenvalue weighted by atomic mass is 10.2. The van der Waals surface area contributed by atoms with Gasteiger partial charge in [-0.25, -0.2) is 4.98 Å². The Morgan fingerprint density at radius 1 is 1.06 bits per heavy atom. The van der Waals surface area contributed by atoms with Crippen molar-refractivity contribution in [2.75, 3.05) is 0 Å². The average Bonchev–Trinajstić information content (AvgIpc) is 2.75. The normalized spacial score (nSPS) is 10.9. The Hall–Kier alpha value is -2.00. The van der Waals surface area contributed by atoms with Gasteiger partial charge in [0.05, 0.1) is 5.69 Å². The van der Waals surface area contributed by atoms with E-state index >= 15 is 0 Å². The van der Waals surface area contributed by atoms with Crippen molar-refractivity contribution in [2.24, 2.45) is 0 Å². The fourth-order valence-electron chi connectivity index (χ4n) is 1.75. The van der Waals surface area contributed by atoms with Crippen LogP contribution in [0, 0.1) is 0 Å². The predicted octanol–water partition coefficient (Wildman–Crippen LogP) is 3.36. The molecular weight excluding hydrogens is 236 g/mol. The van der Waals surface area contributed by atoms with Crippen molar-refractivity contribution in [3.63, 3.8) is 0 Å². The highest BCUT2D eigenvalue weighted by atomic mass is 35.5. The van der Waals surface area contributed by atoms with Crippen LogP contribution in [0.3, 0.4) is 0 Å². The van der Waals surface area contributed by atoms with Gasteiger partial charge in [0.15, 0.2) is 0 Å². The third-order valence-corrected chi connectivity index (χ3v) is 2.91. The first-order valence-corrected chi connectivity index (χ1v) is 5.55. The maximum atomic E-state index is 9.24. The molecule has 3 rings (SSSR count). The van der Waals surface area contributed by atoms with Crippen LogP contribution in [0.4, 0.5) is 0 Å². The van der Waals surface area contributed by atoms with E-state index in [0.717, 1.165) is 16.9 Å². The smallest absolute Gasteiger partial charge is 0.138 e. The number of aromatic nitrogens is 2. The summed E-state index contributed by atoms with van der Waals surface area (Å²) in [5.41, 5.74) is 2.58. The third kappa shape index (κ3) is 1.74. The van der Waals surface area contributed by atoms with E-state index in [-0.39, 0.29) is 5.75 Å². The van der Waals surface area contributed by atoms with Crippen LogP contribution in [0.1, 0.15) is 0 Å². The highest BCUT2D eigenvalue weighted by molar-refractivity contribution is 6.29. The fourth-order valence-corrected chi connectivity index (χ4v) is 1.96. The Morgan fingerprint density at radius 2 is 1.82 bits per heavy atom. The number of phenols is 1. The van der Waals surface area contributed by atoms with E-state index < -0.39 is 0 Å². The van der Waals surface area contributed by atoms with Crippen molar-refractivity contribution < 1.29 is 5.11 Å². The lowest BCUT2D eigenvalue weighted by Crippen LogP contribution is -1.82. The molecule has 84 valence electrons. The number of aromatic hydroxyl groups is 1. The van der Waals surface area contributed by atoms with Gasteiger partial charge in [0.25, 0.3) is 0 Å². The minimum Gasteiger partial charge on any atom is -0.508 e. The standard InChI is InChI=1S/C13H9ClN2O/c14-12-2-1-3-13-15-11(8-16(12)13)9-4-6-10(17)7-5-9/h1-8,17H. The quantitative estimate of drug-likeness (QED) is 0.667. The van der Waals surface area contributed by atoms with Gasteiger partial charge in [-0.2, -0.15) is 0 Å². The van der Waals surface area contributed by atoms with E-state index in [1.165, 1.54) is 0 Å². The molecule has 0 unspecified atom stereocenters. The summed E-state index contributed by atoms with van der Waals surface area (Å²) in [6, 6.07) is 12.5. The minimum atomic E-state index is 0.246. The van der Waals surface area contributed by atoms with Crippen molar-refractivity contribution in [3.8, 4) is 17.0 Å². The lowest BCUT2D eigenvalue weighted by molar-refractivity contribution is 0.475. The molecule has 0 aliphatic rings. The van der Waals surface area contributed by atoms with Gasteiger partial charge in [-0.15, -0.1) is 0 Å². The van der Waals surface area contributed by atoms with Crippen LogP contribution in [-0.2, 0) is 0 Å². The Labute approximate surface area is 103 Å². The third-order valence-electron chi connectivity index (χ3n) is 2.61. The molecule has 4 heteroatoms. The molecule has 1 aromatic carbocycles. The summed E-state index contributed by atoms with van der Waals surface area (Å²) in [5, 5.41) is 9.87. The molecule has 3 aromatic rings. The van der Waals surface area contributed by atoms with Crippen LogP contribution in [0.15, 0.2) is 48.7 Å². The minimum absolute atomic E-state index is 0.246. The zero-order chi connectivity index (χ0) is 11.8. The molecule has 2 heterocycles. The van der Waals surface area contributed by atoms with Gasteiger partial charge in [-0.1, -0.05) is 17.7 Å². The van der Waals surface area contributed by atoms with Gasteiger partial charge in [-0.05, 0) is 36.4 Å². The summed E-state index contributed by atoms with van der Waals surface area (Å²) < 4.78 is 1.82. The second-order valence-corrected chi connectivity index (χ2v) is 4.14. The Morgan fingerprint density at radius 3 is 2.53 bits per heavy atom. The molecule has 0 aliphatic carbocycles. The number of imidazole rings is 1. The maximum absolute atomic E-state index is 9.24. The summed E-state index contributed by atoms with van der Waals surface area (Å²) in [5.74, 6) is 0.246. The summed E-state index contributed by atoms with van der Waals surface area (Å²) in [7, 11) is 0. The van der Waals surface area contributed by atoms with Crippen LogP contribution in [0.25, 0.3) is 16.9 Å². The Bertz CT molecular complexity index is 673. The summed E-state index contributed by atoms with van der Waals surface area (Å²) in [4.78, 5) is 4.47. The van der Waals surface area contributed by atoms with Gasteiger partial charge in [0, 0.05) is 11.8 Å². The number of rotatable bonds is 1. The highest BCUT2D eigenvalue weighted by Gasteiger charge is 2.05. The Balaban J connectivity index is 2.18. The molecule has 2 aromatic heterocycles. The molecule has 0 fully saturated rings. The highest BCUT2D eigenvalue weighted by Crippen LogP contribution is 2.23. The number of fused-ring (bicyclic) bond motifs is 1. The zero-order valence-corrected chi connectivity index (χ0v) is 9.59. The molecule has 0 saturated carbocycles. The van der Waals surface area contributed by atoms with E-state index in [0.29, 0.717) is 5.15 Å². The van der Waals surface area contributed by atoms with Gasteiger partial charge in [-0.3, -0.25) is 4.40 Å². The summed E-state index contributed by atoms with van der Waals surface area (Å²) >= 11 is 6.07. The number of nitrogens with zero attached hydrogens (tertiary/aromatic N) is 2. The second-order valence-electron chi connectivity index (χ2n) is 3.75. The zero-order valence-electron chi connectivity index (χ0n) is 8.84. The van der Waals surface area contributed by atoms with Crippen LogP contribution in [0.5, 0.6) is 5.75 Å². The lowest BCUT2D eigenvalue weighted by Gasteiger charge is -1.95. The predicted molar refractivity (Wildman–Crippen MR) is 67.3 cm³/mol. The van der Waals surface area contributed by atoms with Crippen LogP contribution < -0.4 is 0 Å². The molecule has 0 radical (unpaired) electrons. The van der Waals surface area contributed by atoms with Gasteiger partial charge < -0.3 is 5.11 Å². The van der Waals surface area contributed by atoms with E-state index in [2.05, 4.69) is 4.98 Å². The van der Waals surface area contributed by atoms with E-state index in [1.54, 1.807) is 12.1 Å². The number of benzene rings is 1. The molecule has 0 bridgehead atoms. The van der Waals surface area contributed by atoms with E-state index in [4.69, 9.17) is 11.6 Å². The monoisotopic (exact) mass is 244 g/mol. The summed E-state index contributed by atoms with van der Waals surface area (Å²) in [6.45, 7) is 0. The van der Waals surface area contributed by atoms with Crippen molar-refractivity contribution >= 4 is 17.2 Å². The van der Waals surface area contributed by atoms with Crippen molar-refractivity contribution in [2.45, 2.75) is 0 Å². The van der Waals surface area contributed by atoms with Gasteiger partial charge in [0.1, 0.15) is 16.5 Å². The first-order chi connectivity index (χ1) is 8.24. The number of hydrogen-bond donors (Lipinski definition) is 1. The van der Waals surface area contributed by atoms with E-state index in [9.17, 15) is 5.11 Å². The molecule has 0 aliphatic heterocycles. The van der Waals surface area contributed by atoms with Crippen molar-refractivity contribution in [1.29, 1.82) is 0 Å². The molecular formula is C13H9ClN2O. The number of pyridine rings is 1. The maximum Gasteiger partial charge on any atom is 0.138 e. The molecule has 1 N–H and O–H groups in total. The largest absolute Gasteiger partial charge is 0.508 e. The molecule has 17 heavy (non-hydrogen) atoms.